The molecule has 1 amide bonds. The van der Waals surface area contributed by atoms with Crippen LogP contribution in [0.25, 0.3) is 0 Å². The first-order chi connectivity index (χ1) is 5.72. The molecule has 0 saturated carbocycles. The number of carboxylic acid groups (broad SMARTS) is 2. The Morgan fingerprint density at radius 3 is 2.08 bits per heavy atom. The summed E-state index contributed by atoms with van der Waals surface area (Å²) in [5, 5.41) is 15.3. The van der Waals surface area contributed by atoms with Crippen molar-refractivity contribution in [1.82, 2.24) is 4.90 Å². The summed E-state index contributed by atoms with van der Waals surface area (Å²) >= 11 is 0. The largest absolute Gasteiger partial charge is 0.483 e. The van der Waals surface area contributed by atoms with E-state index in [0.717, 1.165) is 0 Å². The molecule has 0 unspecified atom stereocenters. The van der Waals surface area contributed by atoms with Gasteiger partial charge in [0.05, 0.1) is 13.2 Å². The molecule has 12 heavy (non-hydrogen) atoms. The minimum absolute atomic E-state index is 0.250. The van der Waals surface area contributed by atoms with Crippen LogP contribution in [0.4, 0.5) is 4.79 Å². The number of amides is 1. The SMILES string of the molecule is O=C(O)N1CCOCC1.O=CO. The van der Waals surface area contributed by atoms with E-state index < -0.39 is 6.09 Å². The van der Waals surface area contributed by atoms with Crippen LogP contribution < -0.4 is 0 Å². The lowest BCUT2D eigenvalue weighted by Crippen LogP contribution is -2.39. The second-order valence-electron chi connectivity index (χ2n) is 1.99. The quantitative estimate of drug-likeness (QED) is 0.496. The number of hydrogen-bond donors (Lipinski definition) is 2. The van der Waals surface area contributed by atoms with Crippen molar-refractivity contribution in [3.8, 4) is 0 Å². The number of morpholine rings is 1. The molecule has 0 aromatic rings. The maximum Gasteiger partial charge on any atom is 0.407 e. The van der Waals surface area contributed by atoms with Gasteiger partial charge in [0.2, 0.25) is 0 Å². The first-order valence-electron chi connectivity index (χ1n) is 3.36. The maximum absolute atomic E-state index is 10.2. The number of rotatable bonds is 0. The van der Waals surface area contributed by atoms with Gasteiger partial charge in [0.1, 0.15) is 0 Å². The highest BCUT2D eigenvalue weighted by atomic mass is 16.5. The van der Waals surface area contributed by atoms with Gasteiger partial charge in [-0.15, -0.1) is 0 Å². The van der Waals surface area contributed by atoms with Gasteiger partial charge in [-0.25, -0.2) is 4.79 Å². The summed E-state index contributed by atoms with van der Waals surface area (Å²) in [4.78, 5) is 19.9. The van der Waals surface area contributed by atoms with E-state index >= 15 is 0 Å². The van der Waals surface area contributed by atoms with Gasteiger partial charge in [-0.3, -0.25) is 4.79 Å². The Hall–Kier alpha value is -1.30. The lowest BCUT2D eigenvalue weighted by atomic mass is 10.5. The van der Waals surface area contributed by atoms with Gasteiger partial charge in [-0.1, -0.05) is 0 Å². The standard InChI is InChI=1S/C5H9NO3.CH2O2/c7-5(8)6-1-3-9-4-2-6;2-1-3/h1-4H2,(H,7,8);1H,(H,2,3). The number of nitrogens with zero attached hydrogens (tertiary/aromatic N) is 1. The molecule has 6 nitrogen and oxygen atoms in total. The van der Waals surface area contributed by atoms with Crippen molar-refractivity contribution in [3.63, 3.8) is 0 Å². The Bertz CT molecular complexity index is 143. The lowest BCUT2D eigenvalue weighted by molar-refractivity contribution is -0.122. The van der Waals surface area contributed by atoms with Crippen LogP contribution in [-0.2, 0) is 9.53 Å². The van der Waals surface area contributed by atoms with Gasteiger partial charge >= 0.3 is 6.09 Å². The third-order valence-corrected chi connectivity index (χ3v) is 1.28. The molecule has 1 aliphatic rings. The van der Waals surface area contributed by atoms with E-state index in [1.807, 2.05) is 0 Å². The van der Waals surface area contributed by atoms with E-state index in [2.05, 4.69) is 0 Å². The normalized spacial score (nSPS) is 15.8. The summed E-state index contributed by atoms with van der Waals surface area (Å²) in [6, 6.07) is 0. The summed E-state index contributed by atoms with van der Waals surface area (Å²) in [5.41, 5.74) is 0. The molecule has 2 N–H and O–H groups in total. The van der Waals surface area contributed by atoms with Crippen LogP contribution >= 0.6 is 0 Å². The van der Waals surface area contributed by atoms with E-state index in [4.69, 9.17) is 19.7 Å². The monoisotopic (exact) mass is 177 g/mol. The fourth-order valence-corrected chi connectivity index (χ4v) is 0.755. The van der Waals surface area contributed by atoms with Gasteiger partial charge in [-0.2, -0.15) is 0 Å². The third-order valence-electron chi connectivity index (χ3n) is 1.28. The molecule has 0 spiro atoms. The molecule has 70 valence electrons. The van der Waals surface area contributed by atoms with Crippen LogP contribution in [0.3, 0.4) is 0 Å². The molecule has 0 aromatic heterocycles. The lowest BCUT2D eigenvalue weighted by Gasteiger charge is -2.23. The van der Waals surface area contributed by atoms with Crippen LogP contribution in [-0.4, -0.2) is 54.0 Å². The van der Waals surface area contributed by atoms with Crippen molar-refractivity contribution in [3.05, 3.63) is 0 Å². The highest BCUT2D eigenvalue weighted by Crippen LogP contribution is 1.95. The zero-order chi connectivity index (χ0) is 9.40. The Labute approximate surface area is 69.3 Å². The molecule has 0 atom stereocenters. The van der Waals surface area contributed by atoms with E-state index in [-0.39, 0.29) is 6.47 Å². The highest BCUT2D eigenvalue weighted by Gasteiger charge is 2.13. The van der Waals surface area contributed by atoms with Crippen molar-refractivity contribution in [1.29, 1.82) is 0 Å². The van der Waals surface area contributed by atoms with Gasteiger partial charge in [0.25, 0.3) is 6.47 Å². The van der Waals surface area contributed by atoms with Crippen LogP contribution in [0.15, 0.2) is 0 Å². The second kappa shape index (κ2) is 6.41. The van der Waals surface area contributed by atoms with Gasteiger partial charge in [-0.05, 0) is 0 Å². The third kappa shape index (κ3) is 4.51. The number of ether oxygens (including phenoxy) is 1. The van der Waals surface area contributed by atoms with Crippen molar-refractivity contribution in [2.45, 2.75) is 0 Å². The average molecular weight is 177 g/mol. The van der Waals surface area contributed by atoms with Crippen molar-refractivity contribution < 1.29 is 24.5 Å². The summed E-state index contributed by atoms with van der Waals surface area (Å²) < 4.78 is 4.94. The molecule has 1 fully saturated rings. The first kappa shape index (κ1) is 10.7. The molecule has 1 aliphatic heterocycles. The molecular weight excluding hydrogens is 166 g/mol. The first-order valence-corrected chi connectivity index (χ1v) is 3.36. The Morgan fingerprint density at radius 2 is 1.83 bits per heavy atom. The molecule has 1 heterocycles. The predicted octanol–water partition coefficient (Wildman–Crippen LogP) is -0.303. The summed E-state index contributed by atoms with van der Waals surface area (Å²) in [7, 11) is 0. The average Bonchev–Trinajstić information content (AvgIpc) is 2.07. The minimum Gasteiger partial charge on any atom is -0.483 e. The highest BCUT2D eigenvalue weighted by molar-refractivity contribution is 5.64. The maximum atomic E-state index is 10.2. The Balaban J connectivity index is 0.000000354. The molecule has 0 aromatic carbocycles. The fraction of sp³-hybridized carbons (Fsp3) is 0.667. The molecule has 1 saturated heterocycles. The smallest absolute Gasteiger partial charge is 0.407 e. The number of carbonyl (C=O) groups is 2. The Kier molecular flexibility index (Phi) is 5.72. The van der Waals surface area contributed by atoms with Crippen LogP contribution in [0.1, 0.15) is 0 Å². The molecule has 0 bridgehead atoms. The van der Waals surface area contributed by atoms with Crippen molar-refractivity contribution in [2.24, 2.45) is 0 Å². The molecule has 1 rings (SSSR count). The second-order valence-corrected chi connectivity index (χ2v) is 1.99. The molecule has 0 aliphatic carbocycles. The van der Waals surface area contributed by atoms with Crippen molar-refractivity contribution in [2.75, 3.05) is 26.3 Å². The van der Waals surface area contributed by atoms with Crippen LogP contribution in [0.2, 0.25) is 0 Å². The number of hydrogen-bond acceptors (Lipinski definition) is 3. The van der Waals surface area contributed by atoms with E-state index in [1.165, 1.54) is 4.90 Å². The Morgan fingerprint density at radius 1 is 1.42 bits per heavy atom. The molecule has 0 radical (unpaired) electrons. The van der Waals surface area contributed by atoms with E-state index in [9.17, 15) is 4.79 Å². The van der Waals surface area contributed by atoms with Crippen LogP contribution in [0.5, 0.6) is 0 Å². The molecular formula is C6H11NO5. The molecule has 6 heteroatoms. The van der Waals surface area contributed by atoms with Gasteiger partial charge < -0.3 is 19.8 Å². The zero-order valence-corrected chi connectivity index (χ0v) is 6.47. The fourth-order valence-electron chi connectivity index (χ4n) is 0.755. The summed E-state index contributed by atoms with van der Waals surface area (Å²) in [5.74, 6) is 0. The van der Waals surface area contributed by atoms with E-state index in [0.29, 0.717) is 26.3 Å². The minimum atomic E-state index is -0.849. The van der Waals surface area contributed by atoms with Gasteiger partial charge in [0.15, 0.2) is 0 Å². The van der Waals surface area contributed by atoms with Crippen LogP contribution in [0, 0.1) is 0 Å². The topological polar surface area (TPSA) is 87.1 Å². The zero-order valence-electron chi connectivity index (χ0n) is 6.47. The van der Waals surface area contributed by atoms with Gasteiger partial charge in [0, 0.05) is 13.1 Å². The van der Waals surface area contributed by atoms with E-state index in [1.54, 1.807) is 0 Å². The van der Waals surface area contributed by atoms with Crippen molar-refractivity contribution >= 4 is 12.6 Å². The predicted molar refractivity (Wildman–Crippen MR) is 39.1 cm³/mol. The summed E-state index contributed by atoms with van der Waals surface area (Å²) in [6.45, 7) is 1.84. The summed E-state index contributed by atoms with van der Waals surface area (Å²) in [6.07, 6.45) is -0.849.